The van der Waals surface area contributed by atoms with Crippen molar-refractivity contribution >= 4 is 10.2 Å². The average molecular weight is 278 g/mol. The maximum atomic E-state index is 12.2. The third-order valence-corrected chi connectivity index (χ3v) is 5.45. The monoisotopic (exact) mass is 278 g/mol. The van der Waals surface area contributed by atoms with Gasteiger partial charge in [0.05, 0.1) is 6.61 Å². The Balaban J connectivity index is 2.61. The lowest BCUT2D eigenvalue weighted by atomic mass is 9.99. The third kappa shape index (κ3) is 4.19. The van der Waals surface area contributed by atoms with Crippen molar-refractivity contribution < 1.29 is 13.5 Å². The molecule has 0 spiro atoms. The van der Waals surface area contributed by atoms with E-state index in [9.17, 15) is 13.5 Å². The summed E-state index contributed by atoms with van der Waals surface area (Å²) in [4.78, 5) is 0. The molecule has 18 heavy (non-hydrogen) atoms. The molecule has 0 aliphatic carbocycles. The Kier molecular flexibility index (Phi) is 6.04. The van der Waals surface area contributed by atoms with Gasteiger partial charge in [0.1, 0.15) is 0 Å². The SMILES string of the molecule is CC(C)C(C)CNS(=O)(=O)N1CCCCC1CO. The number of aliphatic hydroxyl groups excluding tert-OH is 1. The summed E-state index contributed by atoms with van der Waals surface area (Å²) in [5.41, 5.74) is 0. The van der Waals surface area contributed by atoms with Crippen LogP contribution >= 0.6 is 0 Å². The Labute approximate surface area is 111 Å². The summed E-state index contributed by atoms with van der Waals surface area (Å²) in [5.74, 6) is 0.750. The molecule has 0 aromatic carbocycles. The van der Waals surface area contributed by atoms with Gasteiger partial charge in [-0.15, -0.1) is 0 Å². The van der Waals surface area contributed by atoms with Crippen LogP contribution < -0.4 is 4.72 Å². The number of aliphatic hydroxyl groups is 1. The molecule has 1 aliphatic rings. The first-order valence-electron chi connectivity index (χ1n) is 6.75. The number of hydrogen-bond donors (Lipinski definition) is 2. The first kappa shape index (κ1) is 15.9. The van der Waals surface area contributed by atoms with Crippen LogP contribution in [0.5, 0.6) is 0 Å². The topological polar surface area (TPSA) is 69.6 Å². The molecule has 6 heteroatoms. The molecule has 2 unspecified atom stereocenters. The molecule has 1 aliphatic heterocycles. The van der Waals surface area contributed by atoms with Gasteiger partial charge in [0, 0.05) is 19.1 Å². The minimum atomic E-state index is -3.45. The standard InChI is InChI=1S/C12H26N2O3S/c1-10(2)11(3)8-13-18(16,17)14-7-5-4-6-12(14)9-15/h10-13,15H,4-9H2,1-3H3. The largest absolute Gasteiger partial charge is 0.395 e. The number of nitrogens with one attached hydrogen (secondary N) is 1. The van der Waals surface area contributed by atoms with E-state index in [1.807, 2.05) is 6.92 Å². The van der Waals surface area contributed by atoms with Crippen molar-refractivity contribution in [2.75, 3.05) is 19.7 Å². The molecule has 5 nitrogen and oxygen atoms in total. The fourth-order valence-electron chi connectivity index (χ4n) is 2.03. The Morgan fingerprint density at radius 1 is 1.33 bits per heavy atom. The van der Waals surface area contributed by atoms with E-state index in [-0.39, 0.29) is 12.6 Å². The van der Waals surface area contributed by atoms with Crippen LogP contribution in [0.4, 0.5) is 0 Å². The van der Waals surface area contributed by atoms with Gasteiger partial charge >= 0.3 is 0 Å². The van der Waals surface area contributed by atoms with Crippen LogP contribution in [-0.4, -0.2) is 43.6 Å². The number of nitrogens with zero attached hydrogens (tertiary/aromatic N) is 1. The van der Waals surface area contributed by atoms with Gasteiger partial charge in [-0.25, -0.2) is 4.72 Å². The highest BCUT2D eigenvalue weighted by atomic mass is 32.2. The van der Waals surface area contributed by atoms with Crippen molar-refractivity contribution in [2.45, 2.75) is 46.1 Å². The van der Waals surface area contributed by atoms with Crippen LogP contribution in [0.15, 0.2) is 0 Å². The molecule has 0 saturated carbocycles. The van der Waals surface area contributed by atoms with E-state index in [0.717, 1.165) is 19.3 Å². The predicted octanol–water partition coefficient (Wildman–Crippen LogP) is 0.960. The van der Waals surface area contributed by atoms with Crippen LogP contribution in [0.3, 0.4) is 0 Å². The number of hydrogen-bond acceptors (Lipinski definition) is 3. The molecule has 0 aromatic rings. The first-order valence-corrected chi connectivity index (χ1v) is 8.19. The predicted molar refractivity (Wildman–Crippen MR) is 72.4 cm³/mol. The lowest BCUT2D eigenvalue weighted by Crippen LogP contribution is -2.51. The second-order valence-corrected chi connectivity index (χ2v) is 7.23. The van der Waals surface area contributed by atoms with Gasteiger partial charge in [-0.1, -0.05) is 27.2 Å². The highest BCUT2D eigenvalue weighted by Gasteiger charge is 2.31. The van der Waals surface area contributed by atoms with E-state index in [1.165, 1.54) is 4.31 Å². The maximum absolute atomic E-state index is 12.2. The third-order valence-electron chi connectivity index (χ3n) is 3.82. The van der Waals surface area contributed by atoms with Crippen molar-refractivity contribution in [3.8, 4) is 0 Å². The fraction of sp³-hybridized carbons (Fsp3) is 1.00. The van der Waals surface area contributed by atoms with E-state index in [1.54, 1.807) is 0 Å². The average Bonchev–Trinajstić information content (AvgIpc) is 2.35. The summed E-state index contributed by atoms with van der Waals surface area (Å²) in [6.07, 6.45) is 2.61. The van der Waals surface area contributed by atoms with E-state index < -0.39 is 10.2 Å². The van der Waals surface area contributed by atoms with Crippen LogP contribution in [-0.2, 0) is 10.2 Å². The van der Waals surface area contributed by atoms with Crippen molar-refractivity contribution in [1.82, 2.24) is 9.03 Å². The normalized spacial score (nSPS) is 24.4. The van der Waals surface area contributed by atoms with Gasteiger partial charge in [-0.3, -0.25) is 0 Å². The molecule has 2 atom stereocenters. The smallest absolute Gasteiger partial charge is 0.279 e. The number of piperidine rings is 1. The Morgan fingerprint density at radius 2 is 2.00 bits per heavy atom. The molecular weight excluding hydrogens is 252 g/mol. The fourth-order valence-corrected chi connectivity index (χ4v) is 3.60. The molecule has 108 valence electrons. The van der Waals surface area contributed by atoms with Crippen molar-refractivity contribution in [3.63, 3.8) is 0 Å². The van der Waals surface area contributed by atoms with Gasteiger partial charge in [0.15, 0.2) is 0 Å². The summed E-state index contributed by atoms with van der Waals surface area (Å²) in [6.45, 7) is 7.06. The Bertz CT molecular complexity index is 343. The van der Waals surface area contributed by atoms with Crippen LogP contribution in [0.25, 0.3) is 0 Å². The quantitative estimate of drug-likeness (QED) is 0.760. The van der Waals surface area contributed by atoms with Crippen LogP contribution in [0.1, 0.15) is 40.0 Å². The molecule has 0 bridgehead atoms. The second kappa shape index (κ2) is 6.84. The molecule has 0 amide bonds. The Hall–Kier alpha value is -0.170. The lowest BCUT2D eigenvalue weighted by Gasteiger charge is -2.33. The molecule has 1 rings (SSSR count). The summed E-state index contributed by atoms with van der Waals surface area (Å²) in [5, 5.41) is 9.26. The van der Waals surface area contributed by atoms with E-state index in [4.69, 9.17) is 0 Å². The molecule has 2 N–H and O–H groups in total. The summed E-state index contributed by atoms with van der Waals surface area (Å²) < 4.78 is 28.5. The highest BCUT2D eigenvalue weighted by molar-refractivity contribution is 7.87. The minimum Gasteiger partial charge on any atom is -0.395 e. The molecule has 1 saturated heterocycles. The van der Waals surface area contributed by atoms with Gasteiger partial charge in [0.2, 0.25) is 0 Å². The second-order valence-electron chi connectivity index (χ2n) is 5.52. The van der Waals surface area contributed by atoms with Crippen LogP contribution in [0.2, 0.25) is 0 Å². The summed E-state index contributed by atoms with van der Waals surface area (Å²) in [7, 11) is -3.45. The first-order chi connectivity index (χ1) is 8.38. The van der Waals surface area contributed by atoms with Crippen molar-refractivity contribution in [2.24, 2.45) is 11.8 Å². The molecule has 0 radical (unpaired) electrons. The number of rotatable bonds is 6. The van der Waals surface area contributed by atoms with Crippen molar-refractivity contribution in [1.29, 1.82) is 0 Å². The summed E-state index contributed by atoms with van der Waals surface area (Å²) in [6, 6.07) is -0.259. The molecule has 0 aromatic heterocycles. The van der Waals surface area contributed by atoms with Crippen molar-refractivity contribution in [3.05, 3.63) is 0 Å². The zero-order valence-electron chi connectivity index (χ0n) is 11.6. The zero-order chi connectivity index (χ0) is 13.8. The van der Waals surface area contributed by atoms with Gasteiger partial charge in [-0.05, 0) is 24.7 Å². The highest BCUT2D eigenvalue weighted by Crippen LogP contribution is 2.19. The van der Waals surface area contributed by atoms with Crippen LogP contribution in [0, 0.1) is 11.8 Å². The molecular formula is C12H26N2O3S. The zero-order valence-corrected chi connectivity index (χ0v) is 12.4. The Morgan fingerprint density at radius 3 is 2.56 bits per heavy atom. The summed E-state index contributed by atoms with van der Waals surface area (Å²) >= 11 is 0. The molecule has 1 heterocycles. The lowest BCUT2D eigenvalue weighted by molar-refractivity contribution is 0.153. The maximum Gasteiger partial charge on any atom is 0.279 e. The van der Waals surface area contributed by atoms with Gasteiger partial charge in [-0.2, -0.15) is 12.7 Å². The van der Waals surface area contributed by atoms with E-state index in [0.29, 0.717) is 24.9 Å². The van der Waals surface area contributed by atoms with E-state index in [2.05, 4.69) is 18.6 Å². The minimum absolute atomic E-state index is 0.0966. The van der Waals surface area contributed by atoms with E-state index >= 15 is 0 Å². The van der Waals surface area contributed by atoms with Gasteiger partial charge < -0.3 is 5.11 Å². The van der Waals surface area contributed by atoms with Gasteiger partial charge in [0.25, 0.3) is 10.2 Å². The molecule has 1 fully saturated rings.